The molecule has 0 bridgehead atoms. The van der Waals surface area contributed by atoms with Gasteiger partial charge in [-0.2, -0.15) is 0 Å². The van der Waals surface area contributed by atoms with Crippen LogP contribution >= 0.6 is 0 Å². The van der Waals surface area contributed by atoms with Crippen molar-refractivity contribution in [2.24, 2.45) is 0 Å². The van der Waals surface area contributed by atoms with Crippen molar-refractivity contribution in [3.05, 3.63) is 52.6 Å². The summed E-state index contributed by atoms with van der Waals surface area (Å²) < 4.78 is 18.1. The fourth-order valence-electron chi connectivity index (χ4n) is 2.59. The Labute approximate surface area is 145 Å². The standard InChI is InChI=1S/C18H21FN2O4/c1-10-16(12(3)22)11(2)21-17(10)18(24)20-8-14(23)9-25-15-6-4-13(19)5-7-15/h4-7,14,21,23H,8-9H2,1-3H3,(H,20,24)/t14-/m0/s1. The zero-order valence-electron chi connectivity index (χ0n) is 14.4. The molecule has 0 aliphatic carbocycles. The van der Waals surface area contributed by atoms with Gasteiger partial charge in [-0.3, -0.25) is 9.59 Å². The van der Waals surface area contributed by atoms with Crippen LogP contribution in [-0.2, 0) is 0 Å². The predicted molar refractivity (Wildman–Crippen MR) is 90.5 cm³/mol. The van der Waals surface area contributed by atoms with Crippen molar-refractivity contribution >= 4 is 11.7 Å². The van der Waals surface area contributed by atoms with Crippen LogP contribution in [-0.4, -0.2) is 41.0 Å². The molecule has 0 radical (unpaired) electrons. The summed E-state index contributed by atoms with van der Waals surface area (Å²) in [5, 5.41) is 12.5. The van der Waals surface area contributed by atoms with Gasteiger partial charge in [0.1, 0.15) is 30.0 Å². The molecular formula is C18H21FN2O4. The Hall–Kier alpha value is -2.67. The number of H-pyrrole nitrogens is 1. The van der Waals surface area contributed by atoms with Gasteiger partial charge in [0.25, 0.3) is 5.91 Å². The van der Waals surface area contributed by atoms with E-state index in [1.54, 1.807) is 13.8 Å². The minimum absolute atomic E-state index is 0.0209. The molecule has 0 fully saturated rings. The fraction of sp³-hybridized carbons (Fsp3) is 0.333. The van der Waals surface area contributed by atoms with E-state index in [0.29, 0.717) is 28.3 Å². The summed E-state index contributed by atoms with van der Waals surface area (Å²) in [7, 11) is 0. The van der Waals surface area contributed by atoms with Crippen LogP contribution in [0.2, 0.25) is 0 Å². The predicted octanol–water partition coefficient (Wildman–Crippen LogP) is 2.14. The number of rotatable bonds is 7. The van der Waals surface area contributed by atoms with Crippen molar-refractivity contribution in [3.63, 3.8) is 0 Å². The van der Waals surface area contributed by atoms with Crippen LogP contribution in [0.1, 0.15) is 39.0 Å². The van der Waals surface area contributed by atoms with Crippen molar-refractivity contribution in [1.82, 2.24) is 10.3 Å². The SMILES string of the molecule is CC(=O)c1c(C)[nH]c(C(=O)NC[C@H](O)COc2ccc(F)cc2)c1C. The summed E-state index contributed by atoms with van der Waals surface area (Å²) in [6.07, 6.45) is -0.933. The number of carbonyl (C=O) groups is 2. The quantitative estimate of drug-likeness (QED) is 0.669. The molecule has 2 aromatic rings. The number of halogens is 1. The van der Waals surface area contributed by atoms with Crippen LogP contribution in [0.3, 0.4) is 0 Å². The second kappa shape index (κ2) is 7.94. The lowest BCUT2D eigenvalue weighted by atomic mass is 10.1. The third-order valence-corrected chi connectivity index (χ3v) is 3.77. The van der Waals surface area contributed by atoms with E-state index < -0.39 is 12.0 Å². The van der Waals surface area contributed by atoms with Crippen LogP contribution < -0.4 is 10.1 Å². The summed E-state index contributed by atoms with van der Waals surface area (Å²) in [6.45, 7) is 4.80. The first kappa shape index (κ1) is 18.7. The topological polar surface area (TPSA) is 91.4 Å². The number of ketones is 1. The highest BCUT2D eigenvalue weighted by molar-refractivity contribution is 6.02. The molecule has 6 nitrogen and oxygen atoms in total. The summed E-state index contributed by atoms with van der Waals surface area (Å²) >= 11 is 0. The lowest BCUT2D eigenvalue weighted by molar-refractivity contribution is 0.0839. The molecular weight excluding hydrogens is 327 g/mol. The zero-order chi connectivity index (χ0) is 18.6. The Morgan fingerprint density at radius 1 is 1.28 bits per heavy atom. The molecule has 3 N–H and O–H groups in total. The number of Topliss-reactive ketones (excluding diaryl/α,β-unsaturated/α-hetero) is 1. The molecule has 2 rings (SSSR count). The number of amides is 1. The third kappa shape index (κ3) is 4.67. The summed E-state index contributed by atoms with van der Waals surface area (Å²) in [5.74, 6) is -0.470. The molecule has 1 aromatic carbocycles. The lowest BCUT2D eigenvalue weighted by Gasteiger charge is -2.13. The largest absolute Gasteiger partial charge is 0.491 e. The van der Waals surface area contributed by atoms with Crippen LogP contribution in [0.4, 0.5) is 4.39 Å². The van der Waals surface area contributed by atoms with Crippen LogP contribution in [0.25, 0.3) is 0 Å². The molecule has 1 amide bonds. The van der Waals surface area contributed by atoms with Crippen molar-refractivity contribution in [3.8, 4) is 5.75 Å². The van der Waals surface area contributed by atoms with Gasteiger partial charge in [-0.05, 0) is 50.6 Å². The van der Waals surface area contributed by atoms with E-state index in [0.717, 1.165) is 0 Å². The van der Waals surface area contributed by atoms with Gasteiger partial charge in [0.05, 0.1) is 0 Å². The van der Waals surface area contributed by atoms with E-state index in [9.17, 15) is 19.1 Å². The maximum Gasteiger partial charge on any atom is 0.268 e. The molecule has 0 saturated carbocycles. The van der Waals surface area contributed by atoms with Crippen LogP contribution in [0, 0.1) is 19.7 Å². The normalized spacial score (nSPS) is 11.9. The van der Waals surface area contributed by atoms with E-state index in [-0.39, 0.29) is 24.8 Å². The van der Waals surface area contributed by atoms with Gasteiger partial charge in [-0.1, -0.05) is 0 Å². The second-order valence-corrected chi connectivity index (χ2v) is 5.81. The number of aliphatic hydroxyl groups is 1. The zero-order valence-corrected chi connectivity index (χ0v) is 14.4. The number of hydrogen-bond acceptors (Lipinski definition) is 4. The smallest absolute Gasteiger partial charge is 0.268 e. The first-order valence-electron chi connectivity index (χ1n) is 7.84. The number of aromatic nitrogens is 1. The third-order valence-electron chi connectivity index (χ3n) is 3.77. The average molecular weight is 348 g/mol. The molecule has 0 saturated heterocycles. The van der Waals surface area contributed by atoms with Crippen LogP contribution in [0.5, 0.6) is 5.75 Å². The Balaban J connectivity index is 1.88. The number of carbonyl (C=O) groups excluding carboxylic acids is 2. The summed E-state index contributed by atoms with van der Waals surface area (Å²) in [5.41, 5.74) is 2.02. The van der Waals surface area contributed by atoms with E-state index in [1.807, 2.05) is 0 Å². The Morgan fingerprint density at radius 3 is 2.48 bits per heavy atom. The van der Waals surface area contributed by atoms with Gasteiger partial charge in [0, 0.05) is 17.8 Å². The molecule has 1 atom stereocenters. The summed E-state index contributed by atoms with van der Waals surface area (Å²) in [6, 6.07) is 5.42. The molecule has 25 heavy (non-hydrogen) atoms. The number of ether oxygens (including phenoxy) is 1. The molecule has 1 aromatic heterocycles. The first-order valence-corrected chi connectivity index (χ1v) is 7.84. The molecule has 134 valence electrons. The van der Waals surface area contributed by atoms with Gasteiger partial charge in [-0.15, -0.1) is 0 Å². The number of benzene rings is 1. The van der Waals surface area contributed by atoms with Gasteiger partial charge < -0.3 is 20.1 Å². The molecule has 0 unspecified atom stereocenters. The van der Waals surface area contributed by atoms with E-state index >= 15 is 0 Å². The Morgan fingerprint density at radius 2 is 1.92 bits per heavy atom. The van der Waals surface area contributed by atoms with E-state index in [1.165, 1.54) is 31.2 Å². The number of nitrogens with one attached hydrogen (secondary N) is 2. The highest BCUT2D eigenvalue weighted by atomic mass is 19.1. The number of aromatic amines is 1. The van der Waals surface area contributed by atoms with Gasteiger partial charge in [0.15, 0.2) is 5.78 Å². The maximum atomic E-state index is 12.8. The van der Waals surface area contributed by atoms with Crippen molar-refractivity contribution in [1.29, 1.82) is 0 Å². The van der Waals surface area contributed by atoms with Gasteiger partial charge in [0.2, 0.25) is 0 Å². The average Bonchev–Trinajstić information content (AvgIpc) is 2.86. The van der Waals surface area contributed by atoms with Crippen molar-refractivity contribution in [2.75, 3.05) is 13.2 Å². The number of aliphatic hydroxyl groups excluding tert-OH is 1. The maximum absolute atomic E-state index is 12.8. The Bertz CT molecular complexity index is 768. The second-order valence-electron chi connectivity index (χ2n) is 5.81. The Kier molecular flexibility index (Phi) is 5.93. The summed E-state index contributed by atoms with van der Waals surface area (Å²) in [4.78, 5) is 26.7. The lowest BCUT2D eigenvalue weighted by Crippen LogP contribution is -2.35. The minimum Gasteiger partial charge on any atom is -0.491 e. The van der Waals surface area contributed by atoms with Crippen molar-refractivity contribution in [2.45, 2.75) is 26.9 Å². The van der Waals surface area contributed by atoms with Gasteiger partial charge in [-0.25, -0.2) is 4.39 Å². The molecule has 1 heterocycles. The van der Waals surface area contributed by atoms with E-state index in [4.69, 9.17) is 4.74 Å². The monoisotopic (exact) mass is 348 g/mol. The molecule has 0 spiro atoms. The minimum atomic E-state index is -0.933. The van der Waals surface area contributed by atoms with Gasteiger partial charge >= 0.3 is 0 Å². The first-order chi connectivity index (χ1) is 11.8. The highest BCUT2D eigenvalue weighted by Gasteiger charge is 2.20. The number of aryl methyl sites for hydroxylation is 1. The molecule has 0 aliphatic heterocycles. The number of hydrogen-bond donors (Lipinski definition) is 3. The van der Waals surface area contributed by atoms with Crippen LogP contribution in [0.15, 0.2) is 24.3 Å². The fourth-order valence-corrected chi connectivity index (χ4v) is 2.59. The van der Waals surface area contributed by atoms with E-state index in [2.05, 4.69) is 10.3 Å². The molecule has 7 heteroatoms. The molecule has 0 aliphatic rings. The highest BCUT2D eigenvalue weighted by Crippen LogP contribution is 2.18. The van der Waals surface area contributed by atoms with Crippen molar-refractivity contribution < 1.29 is 23.8 Å².